The van der Waals surface area contributed by atoms with Crippen molar-refractivity contribution < 1.29 is 14.3 Å². The highest BCUT2D eigenvalue weighted by molar-refractivity contribution is 7.99. The first-order valence-corrected chi connectivity index (χ1v) is 9.72. The molecule has 136 valence electrons. The Morgan fingerprint density at radius 1 is 1.23 bits per heavy atom. The van der Waals surface area contributed by atoms with Gasteiger partial charge in [-0.25, -0.2) is 4.79 Å². The Balaban J connectivity index is 1.75. The molecule has 0 unspecified atom stereocenters. The quantitative estimate of drug-likeness (QED) is 0.756. The number of benzene rings is 1. The standard InChI is InChI=1S/C20H21NO4S/c1-24-15-7-3-12(4-8-15)9-14-10-17(22)21-16(20(23)25-2)11-26-19(21)18(14)13-5-6-13/h3-4,7-8,10,13,16H,5-6,9,11H2,1-2H3/t16-/m0/s1. The molecule has 0 radical (unpaired) electrons. The number of thioether (sulfide) groups is 1. The molecule has 0 saturated heterocycles. The van der Waals surface area contributed by atoms with E-state index in [2.05, 4.69) is 0 Å². The normalized spacial score (nSPS) is 18.5. The third-order valence-electron chi connectivity index (χ3n) is 5.03. The van der Waals surface area contributed by atoms with Gasteiger partial charge in [0.05, 0.1) is 19.2 Å². The first-order valence-electron chi connectivity index (χ1n) is 8.74. The molecule has 2 aromatic rings. The summed E-state index contributed by atoms with van der Waals surface area (Å²) in [5.41, 5.74) is 3.35. The van der Waals surface area contributed by atoms with Crippen LogP contribution in [-0.4, -0.2) is 30.5 Å². The molecule has 4 rings (SSSR count). The van der Waals surface area contributed by atoms with Crippen LogP contribution >= 0.6 is 11.8 Å². The van der Waals surface area contributed by atoms with Gasteiger partial charge in [0.2, 0.25) is 0 Å². The topological polar surface area (TPSA) is 57.5 Å². The Morgan fingerprint density at radius 3 is 2.58 bits per heavy atom. The molecular weight excluding hydrogens is 350 g/mol. The van der Waals surface area contributed by atoms with E-state index in [1.165, 1.54) is 12.7 Å². The molecule has 1 saturated carbocycles. The van der Waals surface area contributed by atoms with Gasteiger partial charge in [-0.1, -0.05) is 12.1 Å². The summed E-state index contributed by atoms with van der Waals surface area (Å²) >= 11 is 1.60. The fourth-order valence-electron chi connectivity index (χ4n) is 3.57. The van der Waals surface area contributed by atoms with Crippen LogP contribution < -0.4 is 10.3 Å². The van der Waals surface area contributed by atoms with Gasteiger partial charge in [0.1, 0.15) is 11.8 Å². The number of hydrogen-bond donors (Lipinski definition) is 0. The molecule has 0 amide bonds. The van der Waals surface area contributed by atoms with Crippen molar-refractivity contribution in [3.05, 3.63) is 57.4 Å². The average molecular weight is 371 g/mol. The van der Waals surface area contributed by atoms with E-state index in [1.807, 2.05) is 24.3 Å². The van der Waals surface area contributed by atoms with Crippen LogP contribution in [0.15, 0.2) is 40.2 Å². The molecule has 1 aromatic carbocycles. The first-order chi connectivity index (χ1) is 12.6. The third kappa shape index (κ3) is 3.03. The maximum atomic E-state index is 12.8. The van der Waals surface area contributed by atoms with E-state index >= 15 is 0 Å². The van der Waals surface area contributed by atoms with Crippen LogP contribution in [0.4, 0.5) is 0 Å². The lowest BCUT2D eigenvalue weighted by Gasteiger charge is -2.17. The second-order valence-corrected chi connectivity index (χ2v) is 7.75. The lowest BCUT2D eigenvalue weighted by atomic mass is 9.98. The zero-order chi connectivity index (χ0) is 18.3. The van der Waals surface area contributed by atoms with Crippen LogP contribution in [0, 0.1) is 0 Å². The van der Waals surface area contributed by atoms with Gasteiger partial charge in [0.25, 0.3) is 5.56 Å². The molecule has 2 aliphatic rings. The van der Waals surface area contributed by atoms with Gasteiger partial charge < -0.3 is 9.47 Å². The lowest BCUT2D eigenvalue weighted by molar-refractivity contribution is -0.143. The van der Waals surface area contributed by atoms with Crippen molar-refractivity contribution in [2.24, 2.45) is 0 Å². The van der Waals surface area contributed by atoms with Crippen molar-refractivity contribution in [2.45, 2.75) is 36.2 Å². The highest BCUT2D eigenvalue weighted by Gasteiger charge is 2.38. The van der Waals surface area contributed by atoms with E-state index in [9.17, 15) is 9.59 Å². The second-order valence-electron chi connectivity index (χ2n) is 6.75. The Kier molecular flexibility index (Phi) is 4.53. The number of methoxy groups -OCH3 is 2. The molecule has 0 bridgehead atoms. The number of pyridine rings is 1. The maximum Gasteiger partial charge on any atom is 0.329 e. The van der Waals surface area contributed by atoms with Crippen LogP contribution in [0.3, 0.4) is 0 Å². The molecule has 5 nitrogen and oxygen atoms in total. The third-order valence-corrected chi connectivity index (χ3v) is 6.20. The van der Waals surface area contributed by atoms with E-state index in [0.29, 0.717) is 18.1 Å². The molecule has 2 heterocycles. The predicted molar refractivity (Wildman–Crippen MR) is 100 cm³/mol. The number of esters is 1. The van der Waals surface area contributed by atoms with Crippen molar-refractivity contribution in [3.8, 4) is 5.75 Å². The fraction of sp³-hybridized carbons (Fsp3) is 0.400. The van der Waals surface area contributed by atoms with Gasteiger partial charge in [-0.2, -0.15) is 0 Å². The van der Waals surface area contributed by atoms with Crippen molar-refractivity contribution in [1.82, 2.24) is 4.57 Å². The van der Waals surface area contributed by atoms with Crippen molar-refractivity contribution in [2.75, 3.05) is 20.0 Å². The van der Waals surface area contributed by atoms with E-state index in [1.54, 1.807) is 29.5 Å². The van der Waals surface area contributed by atoms with Crippen molar-refractivity contribution in [1.29, 1.82) is 0 Å². The summed E-state index contributed by atoms with van der Waals surface area (Å²) in [5.74, 6) is 1.53. The lowest BCUT2D eigenvalue weighted by Crippen LogP contribution is -2.30. The summed E-state index contributed by atoms with van der Waals surface area (Å²) in [6.45, 7) is 0. The summed E-state index contributed by atoms with van der Waals surface area (Å²) < 4.78 is 11.7. The van der Waals surface area contributed by atoms with Gasteiger partial charge in [-0.05, 0) is 54.0 Å². The number of rotatable bonds is 5. The number of carbonyl (C=O) groups is 1. The van der Waals surface area contributed by atoms with Crippen LogP contribution in [0.1, 0.15) is 41.5 Å². The maximum absolute atomic E-state index is 12.8. The Hall–Kier alpha value is -2.21. The number of fused-ring (bicyclic) bond motifs is 1. The highest BCUT2D eigenvalue weighted by Crippen LogP contribution is 2.48. The fourth-order valence-corrected chi connectivity index (χ4v) is 4.98. The van der Waals surface area contributed by atoms with E-state index in [4.69, 9.17) is 9.47 Å². The number of aromatic nitrogens is 1. The molecule has 1 aromatic heterocycles. The SMILES string of the molecule is COC(=O)[C@@H]1CSc2c(C3CC3)c(Cc3ccc(OC)cc3)cc(=O)n21. The summed E-state index contributed by atoms with van der Waals surface area (Å²) in [4.78, 5) is 24.8. The molecule has 1 aliphatic carbocycles. The Labute approximate surface area is 156 Å². The first kappa shape index (κ1) is 17.2. The smallest absolute Gasteiger partial charge is 0.329 e. The summed E-state index contributed by atoms with van der Waals surface area (Å²) in [7, 11) is 3.02. The molecule has 1 aliphatic heterocycles. The molecule has 26 heavy (non-hydrogen) atoms. The van der Waals surface area contributed by atoms with Gasteiger partial charge in [0, 0.05) is 11.8 Å². The molecular formula is C20H21NO4S. The van der Waals surface area contributed by atoms with E-state index in [-0.39, 0.29) is 11.5 Å². The number of carbonyl (C=O) groups excluding carboxylic acids is 1. The summed E-state index contributed by atoms with van der Waals surface area (Å²) in [5, 5.41) is 0.957. The summed E-state index contributed by atoms with van der Waals surface area (Å²) in [6, 6.07) is 9.14. The zero-order valence-corrected chi connectivity index (χ0v) is 15.7. The van der Waals surface area contributed by atoms with Crippen LogP contribution in [0.25, 0.3) is 0 Å². The molecule has 0 spiro atoms. The molecule has 1 atom stereocenters. The van der Waals surface area contributed by atoms with Crippen LogP contribution in [-0.2, 0) is 16.0 Å². The molecule has 6 heteroatoms. The van der Waals surface area contributed by atoms with Crippen LogP contribution in [0.2, 0.25) is 0 Å². The average Bonchev–Trinajstić information content (AvgIpc) is 3.39. The van der Waals surface area contributed by atoms with Gasteiger partial charge in [-0.15, -0.1) is 11.8 Å². The van der Waals surface area contributed by atoms with Crippen molar-refractivity contribution >= 4 is 17.7 Å². The minimum atomic E-state index is -0.514. The summed E-state index contributed by atoms with van der Waals surface area (Å²) in [6.07, 6.45) is 3.00. The van der Waals surface area contributed by atoms with Gasteiger partial charge >= 0.3 is 5.97 Å². The molecule has 0 N–H and O–H groups in total. The van der Waals surface area contributed by atoms with Gasteiger partial charge in [-0.3, -0.25) is 9.36 Å². The largest absolute Gasteiger partial charge is 0.497 e. The predicted octanol–water partition coefficient (Wildman–Crippen LogP) is 3.14. The number of nitrogens with zero attached hydrogens (tertiary/aromatic N) is 1. The number of hydrogen-bond acceptors (Lipinski definition) is 5. The van der Waals surface area contributed by atoms with Crippen molar-refractivity contribution in [3.63, 3.8) is 0 Å². The minimum Gasteiger partial charge on any atom is -0.497 e. The Morgan fingerprint density at radius 2 is 1.96 bits per heavy atom. The van der Waals surface area contributed by atoms with E-state index < -0.39 is 6.04 Å². The van der Waals surface area contributed by atoms with Crippen LogP contribution in [0.5, 0.6) is 5.75 Å². The Bertz CT molecular complexity index is 899. The number of ether oxygens (including phenoxy) is 2. The second kappa shape index (κ2) is 6.83. The monoisotopic (exact) mass is 371 g/mol. The minimum absolute atomic E-state index is 0.117. The molecule has 1 fully saturated rings. The highest BCUT2D eigenvalue weighted by atomic mass is 32.2. The zero-order valence-electron chi connectivity index (χ0n) is 14.9. The van der Waals surface area contributed by atoms with Gasteiger partial charge in [0.15, 0.2) is 0 Å². The van der Waals surface area contributed by atoms with E-state index in [0.717, 1.165) is 34.7 Å².